The Labute approximate surface area is 142 Å². The Bertz CT molecular complexity index is 659. The highest BCUT2D eigenvalue weighted by Crippen LogP contribution is 2.28. The maximum Gasteiger partial charge on any atom is 0.123 e. The molecule has 0 amide bonds. The minimum absolute atomic E-state index is 0. The molecule has 2 N–H and O–H groups in total. The number of nitrogens with zero attached hydrogens (tertiary/aromatic N) is 1. The largest absolute Gasteiger partial charge is 0.507 e. The summed E-state index contributed by atoms with van der Waals surface area (Å²) in [6.45, 7) is 4.86. The van der Waals surface area contributed by atoms with Crippen LogP contribution in [0.2, 0.25) is 5.02 Å². The molecule has 0 spiro atoms. The zero-order valence-electron chi connectivity index (χ0n) is 12.9. The fourth-order valence-electron chi connectivity index (χ4n) is 2.41. The molecule has 0 unspecified atom stereocenters. The summed E-state index contributed by atoms with van der Waals surface area (Å²) >= 11 is 6.04. The van der Waals surface area contributed by atoms with E-state index in [2.05, 4.69) is 0 Å². The SMILES string of the molecule is Cc1cccc(CN(C)Cc2cc(Cl)cc(C)c2O)c1O.Cl. The monoisotopic (exact) mass is 341 g/mol. The highest BCUT2D eigenvalue weighted by molar-refractivity contribution is 6.30. The van der Waals surface area contributed by atoms with Gasteiger partial charge in [-0.25, -0.2) is 0 Å². The van der Waals surface area contributed by atoms with E-state index in [1.807, 2.05) is 44.0 Å². The first-order valence-corrected chi connectivity index (χ1v) is 7.20. The predicted molar refractivity (Wildman–Crippen MR) is 93.1 cm³/mol. The molecule has 120 valence electrons. The van der Waals surface area contributed by atoms with Crippen LogP contribution < -0.4 is 0 Å². The highest BCUT2D eigenvalue weighted by Gasteiger charge is 2.11. The normalized spacial score (nSPS) is 10.6. The van der Waals surface area contributed by atoms with Crippen molar-refractivity contribution in [2.24, 2.45) is 0 Å². The van der Waals surface area contributed by atoms with Crippen molar-refractivity contribution >= 4 is 24.0 Å². The predicted octanol–water partition coefficient (Wildman–Crippen LogP) is 4.42. The van der Waals surface area contributed by atoms with Crippen molar-refractivity contribution in [1.82, 2.24) is 4.90 Å². The minimum Gasteiger partial charge on any atom is -0.507 e. The summed E-state index contributed by atoms with van der Waals surface area (Å²) in [5, 5.41) is 20.8. The van der Waals surface area contributed by atoms with Gasteiger partial charge in [0, 0.05) is 29.2 Å². The third-order valence-corrected chi connectivity index (χ3v) is 3.76. The van der Waals surface area contributed by atoms with Gasteiger partial charge < -0.3 is 10.2 Å². The highest BCUT2D eigenvalue weighted by atomic mass is 35.5. The second kappa shape index (κ2) is 7.73. The zero-order valence-corrected chi connectivity index (χ0v) is 14.5. The first-order valence-electron chi connectivity index (χ1n) is 6.82. The van der Waals surface area contributed by atoms with Crippen LogP contribution in [0, 0.1) is 13.8 Å². The van der Waals surface area contributed by atoms with Crippen molar-refractivity contribution in [3.8, 4) is 11.5 Å². The fraction of sp³-hybridized carbons (Fsp3) is 0.294. The molecule has 3 nitrogen and oxygen atoms in total. The lowest BCUT2D eigenvalue weighted by Gasteiger charge is -2.19. The van der Waals surface area contributed by atoms with E-state index in [1.165, 1.54) is 0 Å². The number of hydrogen-bond donors (Lipinski definition) is 2. The smallest absolute Gasteiger partial charge is 0.123 e. The minimum atomic E-state index is 0. The molecule has 2 rings (SSSR count). The van der Waals surface area contributed by atoms with Crippen molar-refractivity contribution in [1.29, 1.82) is 0 Å². The van der Waals surface area contributed by atoms with E-state index in [0.717, 1.165) is 22.3 Å². The van der Waals surface area contributed by atoms with Crippen LogP contribution in [0.15, 0.2) is 30.3 Å². The number of halogens is 2. The Hall–Kier alpha value is -1.42. The Morgan fingerprint density at radius 1 is 0.955 bits per heavy atom. The van der Waals surface area contributed by atoms with Crippen LogP contribution >= 0.6 is 24.0 Å². The fourth-order valence-corrected chi connectivity index (χ4v) is 2.71. The molecule has 0 aliphatic rings. The molecule has 0 atom stereocenters. The molecule has 5 heteroatoms. The van der Waals surface area contributed by atoms with Crippen LogP contribution in [0.1, 0.15) is 22.3 Å². The van der Waals surface area contributed by atoms with Gasteiger partial charge in [-0.1, -0.05) is 29.8 Å². The summed E-state index contributed by atoms with van der Waals surface area (Å²) in [5.74, 6) is 0.607. The quantitative estimate of drug-likeness (QED) is 0.864. The molecule has 2 aromatic rings. The topological polar surface area (TPSA) is 43.7 Å². The van der Waals surface area contributed by atoms with E-state index in [9.17, 15) is 10.2 Å². The van der Waals surface area contributed by atoms with Gasteiger partial charge in [-0.15, -0.1) is 12.4 Å². The van der Waals surface area contributed by atoms with Gasteiger partial charge in [0.15, 0.2) is 0 Å². The number of rotatable bonds is 4. The summed E-state index contributed by atoms with van der Waals surface area (Å²) in [4.78, 5) is 2.03. The summed E-state index contributed by atoms with van der Waals surface area (Å²) < 4.78 is 0. The van der Waals surface area contributed by atoms with Gasteiger partial charge in [0.25, 0.3) is 0 Å². The van der Waals surface area contributed by atoms with Gasteiger partial charge in [0.1, 0.15) is 11.5 Å². The maximum atomic E-state index is 10.1. The van der Waals surface area contributed by atoms with Crippen molar-refractivity contribution in [3.63, 3.8) is 0 Å². The summed E-state index contributed by atoms with van der Waals surface area (Å²) in [6.07, 6.45) is 0. The van der Waals surface area contributed by atoms with E-state index in [0.29, 0.717) is 23.9 Å². The van der Waals surface area contributed by atoms with E-state index in [4.69, 9.17) is 11.6 Å². The van der Waals surface area contributed by atoms with Gasteiger partial charge >= 0.3 is 0 Å². The lowest BCUT2D eigenvalue weighted by atomic mass is 10.1. The molecule has 0 bridgehead atoms. The van der Waals surface area contributed by atoms with Crippen LogP contribution in [0.25, 0.3) is 0 Å². The van der Waals surface area contributed by atoms with Crippen LogP contribution in [0.3, 0.4) is 0 Å². The molecule has 22 heavy (non-hydrogen) atoms. The number of phenols is 2. The third kappa shape index (κ3) is 4.29. The molecule has 2 aromatic carbocycles. The number of aryl methyl sites for hydroxylation is 2. The van der Waals surface area contributed by atoms with E-state index in [1.54, 1.807) is 12.1 Å². The first-order chi connectivity index (χ1) is 9.88. The van der Waals surface area contributed by atoms with Gasteiger partial charge in [0.2, 0.25) is 0 Å². The maximum absolute atomic E-state index is 10.1. The lowest BCUT2D eigenvalue weighted by Crippen LogP contribution is -2.17. The molecule has 0 aromatic heterocycles. The van der Waals surface area contributed by atoms with E-state index in [-0.39, 0.29) is 18.2 Å². The zero-order chi connectivity index (χ0) is 15.6. The Balaban J connectivity index is 0.00000242. The van der Waals surface area contributed by atoms with Crippen molar-refractivity contribution in [2.75, 3.05) is 7.05 Å². The van der Waals surface area contributed by atoms with Crippen molar-refractivity contribution in [2.45, 2.75) is 26.9 Å². The van der Waals surface area contributed by atoms with Gasteiger partial charge in [-0.05, 0) is 44.2 Å². The number of para-hydroxylation sites is 1. The lowest BCUT2D eigenvalue weighted by molar-refractivity contribution is 0.306. The number of phenolic OH excluding ortho intramolecular Hbond substituents is 2. The van der Waals surface area contributed by atoms with Crippen LogP contribution in [0.5, 0.6) is 11.5 Å². The molecule has 0 fully saturated rings. The summed E-state index contributed by atoms with van der Waals surface area (Å²) in [7, 11) is 1.94. The first kappa shape index (κ1) is 18.6. The second-order valence-electron chi connectivity index (χ2n) is 5.49. The molecule has 0 aliphatic heterocycles. The Morgan fingerprint density at radius 2 is 1.55 bits per heavy atom. The molecule has 0 saturated carbocycles. The van der Waals surface area contributed by atoms with Crippen LogP contribution in [0.4, 0.5) is 0 Å². The average Bonchev–Trinajstić information content (AvgIpc) is 2.40. The standard InChI is InChI=1S/C17H20ClNO2.ClH/c1-11-5-4-6-13(16(11)20)9-19(3)10-14-8-15(18)7-12(2)17(14)21;/h4-8,20-21H,9-10H2,1-3H3;1H. The summed E-state index contributed by atoms with van der Waals surface area (Å²) in [6, 6.07) is 9.23. The van der Waals surface area contributed by atoms with E-state index < -0.39 is 0 Å². The van der Waals surface area contributed by atoms with Crippen LogP contribution in [-0.2, 0) is 13.1 Å². The number of aromatic hydroxyl groups is 2. The van der Waals surface area contributed by atoms with Gasteiger partial charge in [-0.2, -0.15) is 0 Å². The van der Waals surface area contributed by atoms with Crippen molar-refractivity contribution in [3.05, 3.63) is 57.6 Å². The van der Waals surface area contributed by atoms with Crippen molar-refractivity contribution < 1.29 is 10.2 Å². The molecule has 0 saturated heterocycles. The number of benzene rings is 2. The van der Waals surface area contributed by atoms with Crippen LogP contribution in [-0.4, -0.2) is 22.2 Å². The molecule has 0 aliphatic carbocycles. The molecular formula is C17H21Cl2NO2. The third-order valence-electron chi connectivity index (χ3n) is 3.55. The summed E-state index contributed by atoms with van der Waals surface area (Å²) in [5.41, 5.74) is 3.29. The second-order valence-corrected chi connectivity index (χ2v) is 5.92. The van der Waals surface area contributed by atoms with Gasteiger partial charge in [-0.3, -0.25) is 4.90 Å². The molecule has 0 radical (unpaired) electrons. The molecular weight excluding hydrogens is 321 g/mol. The number of hydrogen-bond acceptors (Lipinski definition) is 3. The Kier molecular flexibility index (Phi) is 6.54. The van der Waals surface area contributed by atoms with E-state index >= 15 is 0 Å². The average molecular weight is 342 g/mol. The van der Waals surface area contributed by atoms with Gasteiger partial charge in [0.05, 0.1) is 0 Å². The Morgan fingerprint density at radius 3 is 2.23 bits per heavy atom. The molecule has 0 heterocycles.